The molecule has 5 heteroatoms. The van der Waals surface area contributed by atoms with Crippen LogP contribution in [0.15, 0.2) is 51.7 Å². The van der Waals surface area contributed by atoms with E-state index in [-0.39, 0.29) is 6.61 Å². The van der Waals surface area contributed by atoms with Crippen molar-refractivity contribution < 1.29 is 19.0 Å². The Labute approximate surface area is 139 Å². The highest BCUT2D eigenvalue weighted by Gasteiger charge is 2.12. The zero-order valence-electron chi connectivity index (χ0n) is 13.5. The molecule has 0 saturated carbocycles. The van der Waals surface area contributed by atoms with Crippen molar-refractivity contribution in [1.82, 2.24) is 0 Å². The van der Waals surface area contributed by atoms with E-state index in [1.54, 1.807) is 32.4 Å². The zero-order valence-corrected chi connectivity index (χ0v) is 13.5. The summed E-state index contributed by atoms with van der Waals surface area (Å²) >= 11 is 0. The molecule has 0 aliphatic rings. The summed E-state index contributed by atoms with van der Waals surface area (Å²) in [5.41, 5.74) is 2.11. The van der Waals surface area contributed by atoms with Crippen molar-refractivity contribution in [1.29, 1.82) is 0 Å². The van der Waals surface area contributed by atoms with Gasteiger partial charge < -0.3 is 19.0 Å². The Morgan fingerprint density at radius 1 is 1.04 bits per heavy atom. The van der Waals surface area contributed by atoms with Crippen LogP contribution < -0.4 is 15.1 Å². The fourth-order valence-electron chi connectivity index (χ4n) is 2.67. The van der Waals surface area contributed by atoms with Crippen LogP contribution in [0, 0.1) is 0 Å². The molecule has 5 nitrogen and oxygen atoms in total. The molecule has 0 amide bonds. The molecule has 0 saturated heterocycles. The molecule has 0 aliphatic heterocycles. The molecule has 0 radical (unpaired) electrons. The van der Waals surface area contributed by atoms with E-state index in [2.05, 4.69) is 0 Å². The number of methoxy groups -OCH3 is 2. The van der Waals surface area contributed by atoms with Crippen LogP contribution in [0.4, 0.5) is 0 Å². The molecular weight excluding hydrogens is 308 g/mol. The lowest BCUT2D eigenvalue weighted by atomic mass is 10.0. The SMILES string of the molecule is COc1cccc(Cc2cc3c(OC)cc(CO)cc3oc2=O)c1. The van der Waals surface area contributed by atoms with Crippen molar-refractivity contribution in [2.75, 3.05) is 14.2 Å². The van der Waals surface area contributed by atoms with Gasteiger partial charge in [0.15, 0.2) is 0 Å². The first-order valence-electron chi connectivity index (χ1n) is 7.52. The van der Waals surface area contributed by atoms with Crippen LogP contribution in [0.1, 0.15) is 16.7 Å². The summed E-state index contributed by atoms with van der Waals surface area (Å²) in [5.74, 6) is 1.30. The predicted molar refractivity (Wildman–Crippen MR) is 90.8 cm³/mol. The van der Waals surface area contributed by atoms with E-state index < -0.39 is 5.63 Å². The Morgan fingerprint density at radius 2 is 1.88 bits per heavy atom. The molecule has 124 valence electrons. The van der Waals surface area contributed by atoms with Gasteiger partial charge in [0.1, 0.15) is 17.1 Å². The van der Waals surface area contributed by atoms with Gasteiger partial charge in [-0.2, -0.15) is 0 Å². The van der Waals surface area contributed by atoms with Crippen molar-refractivity contribution >= 4 is 11.0 Å². The van der Waals surface area contributed by atoms with Crippen molar-refractivity contribution in [3.63, 3.8) is 0 Å². The average molecular weight is 326 g/mol. The Kier molecular flexibility index (Phi) is 4.53. The van der Waals surface area contributed by atoms with E-state index in [0.29, 0.717) is 34.3 Å². The van der Waals surface area contributed by atoms with Crippen LogP contribution >= 0.6 is 0 Å². The summed E-state index contributed by atoms with van der Waals surface area (Å²) in [5, 5.41) is 10.00. The number of hydrogen-bond donors (Lipinski definition) is 1. The van der Waals surface area contributed by atoms with Crippen LogP contribution in [0.3, 0.4) is 0 Å². The van der Waals surface area contributed by atoms with E-state index in [4.69, 9.17) is 13.9 Å². The van der Waals surface area contributed by atoms with Gasteiger partial charge in [-0.3, -0.25) is 0 Å². The van der Waals surface area contributed by atoms with E-state index in [1.807, 2.05) is 24.3 Å². The molecule has 3 aromatic rings. The van der Waals surface area contributed by atoms with Gasteiger partial charge in [0.25, 0.3) is 0 Å². The maximum absolute atomic E-state index is 12.3. The van der Waals surface area contributed by atoms with Crippen LogP contribution in [-0.4, -0.2) is 19.3 Å². The second-order valence-electron chi connectivity index (χ2n) is 5.46. The Morgan fingerprint density at radius 3 is 2.58 bits per heavy atom. The fraction of sp³-hybridized carbons (Fsp3) is 0.211. The highest BCUT2D eigenvalue weighted by atomic mass is 16.5. The summed E-state index contributed by atoms with van der Waals surface area (Å²) in [6.45, 7) is -0.151. The molecule has 2 aromatic carbocycles. The minimum absolute atomic E-state index is 0.151. The number of hydrogen-bond acceptors (Lipinski definition) is 5. The van der Waals surface area contributed by atoms with Crippen LogP contribution in [0.5, 0.6) is 11.5 Å². The summed E-state index contributed by atoms with van der Waals surface area (Å²) < 4.78 is 16.0. The molecule has 3 rings (SSSR count). The molecule has 0 bridgehead atoms. The molecule has 0 spiro atoms. The maximum atomic E-state index is 12.3. The third kappa shape index (κ3) is 3.12. The normalized spacial score (nSPS) is 10.8. The van der Waals surface area contributed by atoms with Gasteiger partial charge in [0, 0.05) is 12.0 Å². The number of benzene rings is 2. The summed E-state index contributed by atoms with van der Waals surface area (Å²) in [6, 6.07) is 12.7. The van der Waals surface area contributed by atoms with E-state index in [9.17, 15) is 9.90 Å². The van der Waals surface area contributed by atoms with Crippen LogP contribution in [-0.2, 0) is 13.0 Å². The van der Waals surface area contributed by atoms with E-state index in [1.165, 1.54) is 0 Å². The topological polar surface area (TPSA) is 68.9 Å². The lowest BCUT2D eigenvalue weighted by Gasteiger charge is -2.09. The molecule has 0 aliphatic carbocycles. The largest absolute Gasteiger partial charge is 0.497 e. The van der Waals surface area contributed by atoms with Crippen LogP contribution in [0.25, 0.3) is 11.0 Å². The molecule has 1 aromatic heterocycles. The molecule has 1 N–H and O–H groups in total. The second-order valence-corrected chi connectivity index (χ2v) is 5.46. The first kappa shape index (κ1) is 16.1. The third-order valence-electron chi connectivity index (χ3n) is 3.88. The van der Waals surface area contributed by atoms with Gasteiger partial charge in [-0.05, 0) is 41.5 Å². The predicted octanol–water partition coefficient (Wildman–Crippen LogP) is 2.89. The van der Waals surface area contributed by atoms with Crippen molar-refractivity contribution in [3.05, 3.63) is 69.6 Å². The fourth-order valence-corrected chi connectivity index (χ4v) is 2.67. The quantitative estimate of drug-likeness (QED) is 0.730. The highest BCUT2D eigenvalue weighted by molar-refractivity contribution is 5.84. The van der Waals surface area contributed by atoms with Gasteiger partial charge in [0.2, 0.25) is 0 Å². The molecular formula is C19H18O5. The number of aliphatic hydroxyl groups is 1. The minimum atomic E-state index is -0.400. The molecule has 0 atom stereocenters. The first-order valence-corrected chi connectivity index (χ1v) is 7.52. The Hall–Kier alpha value is -2.79. The molecule has 0 fully saturated rings. The van der Waals surface area contributed by atoms with Gasteiger partial charge >= 0.3 is 5.63 Å². The smallest absolute Gasteiger partial charge is 0.339 e. The zero-order chi connectivity index (χ0) is 17.1. The second kappa shape index (κ2) is 6.76. The number of aliphatic hydroxyl groups excluding tert-OH is 1. The summed E-state index contributed by atoms with van der Waals surface area (Å²) in [7, 11) is 3.15. The molecule has 1 heterocycles. The highest BCUT2D eigenvalue weighted by Crippen LogP contribution is 2.28. The third-order valence-corrected chi connectivity index (χ3v) is 3.88. The summed E-state index contributed by atoms with van der Waals surface area (Å²) in [4.78, 5) is 12.3. The first-order chi connectivity index (χ1) is 11.6. The maximum Gasteiger partial charge on any atom is 0.339 e. The summed E-state index contributed by atoms with van der Waals surface area (Å²) in [6.07, 6.45) is 0.431. The Balaban J connectivity index is 2.08. The number of fused-ring (bicyclic) bond motifs is 1. The van der Waals surface area contributed by atoms with Crippen LogP contribution in [0.2, 0.25) is 0 Å². The standard InChI is InChI=1S/C19H18O5/c1-22-15-5-3-4-12(7-15)6-14-10-16-17(23-2)8-13(11-20)9-18(16)24-19(14)21/h3-5,7-10,20H,6,11H2,1-2H3. The number of ether oxygens (including phenoxy) is 2. The monoisotopic (exact) mass is 326 g/mol. The molecule has 0 unspecified atom stereocenters. The van der Waals surface area contributed by atoms with E-state index >= 15 is 0 Å². The Bertz CT molecular complexity index is 927. The van der Waals surface area contributed by atoms with Crippen molar-refractivity contribution in [2.24, 2.45) is 0 Å². The number of rotatable bonds is 5. The van der Waals surface area contributed by atoms with Gasteiger partial charge in [-0.1, -0.05) is 12.1 Å². The lowest BCUT2D eigenvalue weighted by molar-refractivity contribution is 0.281. The van der Waals surface area contributed by atoms with Crippen molar-refractivity contribution in [3.8, 4) is 11.5 Å². The van der Waals surface area contributed by atoms with E-state index in [0.717, 1.165) is 11.3 Å². The van der Waals surface area contributed by atoms with Gasteiger partial charge in [-0.15, -0.1) is 0 Å². The molecule has 24 heavy (non-hydrogen) atoms. The average Bonchev–Trinajstić information content (AvgIpc) is 2.61. The lowest BCUT2D eigenvalue weighted by Crippen LogP contribution is -2.08. The van der Waals surface area contributed by atoms with Gasteiger partial charge in [0.05, 0.1) is 26.2 Å². The minimum Gasteiger partial charge on any atom is -0.497 e. The van der Waals surface area contributed by atoms with Gasteiger partial charge in [-0.25, -0.2) is 4.79 Å². The van der Waals surface area contributed by atoms with Crippen molar-refractivity contribution in [2.45, 2.75) is 13.0 Å².